The topological polar surface area (TPSA) is 0 Å². The molecule has 1 aromatic carbocycles. The molecule has 0 radical (unpaired) electrons. The summed E-state index contributed by atoms with van der Waals surface area (Å²) in [5, 5.41) is 0. The Hall–Kier alpha value is -0.850. The first-order chi connectivity index (χ1) is 16.2. The van der Waals surface area contributed by atoms with Crippen LogP contribution in [0, 0.1) is 47.2 Å². The van der Waals surface area contributed by atoms with E-state index < -0.39 is 0 Å². The molecule has 0 heterocycles. The Balaban J connectivity index is 1.05. The van der Waals surface area contributed by atoms with Gasteiger partial charge < -0.3 is 0 Å². The minimum atomic E-state index is -0.0529. The molecule has 0 amide bonds. The van der Waals surface area contributed by atoms with E-state index in [-0.39, 0.29) is 5.82 Å². The maximum absolute atomic E-state index is 13.6. The van der Waals surface area contributed by atoms with E-state index in [1.54, 1.807) is 50.7 Å². The number of hydrogen-bond donors (Lipinski definition) is 0. The van der Waals surface area contributed by atoms with Crippen LogP contribution in [-0.2, 0) is 12.8 Å². The Bertz CT molecular complexity index is 745. The van der Waals surface area contributed by atoms with Crippen molar-refractivity contribution in [1.82, 2.24) is 0 Å². The van der Waals surface area contributed by atoms with Gasteiger partial charge in [-0.25, -0.2) is 4.39 Å². The molecule has 33 heavy (non-hydrogen) atoms. The van der Waals surface area contributed by atoms with Crippen LogP contribution in [0.25, 0.3) is 0 Å². The normalized spacial score (nSPS) is 36.7. The summed E-state index contributed by atoms with van der Waals surface area (Å²) in [6.45, 7) is 2.33. The molecule has 0 saturated heterocycles. The molecule has 4 aliphatic rings. The van der Waals surface area contributed by atoms with Crippen LogP contribution in [-0.4, -0.2) is 0 Å². The van der Waals surface area contributed by atoms with Crippen LogP contribution in [0.1, 0.15) is 121 Å². The lowest BCUT2D eigenvalue weighted by atomic mass is 9.60. The molecule has 1 aromatic rings. The van der Waals surface area contributed by atoms with E-state index in [9.17, 15) is 4.39 Å². The quantitative estimate of drug-likeness (QED) is 0.361. The van der Waals surface area contributed by atoms with Crippen LogP contribution in [0.3, 0.4) is 0 Å². The zero-order valence-corrected chi connectivity index (χ0v) is 21.4. The minimum Gasteiger partial charge on any atom is -0.207 e. The van der Waals surface area contributed by atoms with Gasteiger partial charge in [0.05, 0.1) is 0 Å². The lowest BCUT2D eigenvalue weighted by Crippen LogP contribution is -2.35. The first-order valence-corrected chi connectivity index (χ1v) is 15.0. The van der Waals surface area contributed by atoms with Crippen molar-refractivity contribution in [2.24, 2.45) is 41.4 Å². The highest BCUT2D eigenvalue weighted by atomic mass is 19.1. The van der Waals surface area contributed by atoms with Crippen molar-refractivity contribution in [3.8, 4) is 0 Å². The van der Waals surface area contributed by atoms with Gasteiger partial charge in [-0.3, -0.25) is 0 Å². The Morgan fingerprint density at radius 3 is 2.12 bits per heavy atom. The molecular weight excluding hydrogens is 403 g/mol. The lowest BCUT2D eigenvalue weighted by Gasteiger charge is -2.46. The zero-order valence-electron chi connectivity index (χ0n) is 21.4. The monoisotopic (exact) mass is 452 g/mol. The van der Waals surface area contributed by atoms with Gasteiger partial charge in [0.25, 0.3) is 0 Å². The smallest absolute Gasteiger partial charge is 0.123 e. The molecule has 184 valence electrons. The van der Waals surface area contributed by atoms with Crippen molar-refractivity contribution in [3.05, 3.63) is 35.1 Å². The van der Waals surface area contributed by atoms with Gasteiger partial charge in [-0.1, -0.05) is 51.5 Å². The Morgan fingerprint density at radius 1 is 0.667 bits per heavy atom. The summed E-state index contributed by atoms with van der Waals surface area (Å²) in [6, 6.07) is 5.54. The summed E-state index contributed by atoms with van der Waals surface area (Å²) >= 11 is 0. The van der Waals surface area contributed by atoms with Crippen LogP contribution in [0.4, 0.5) is 4.39 Å². The summed E-state index contributed by atoms with van der Waals surface area (Å²) in [6.07, 6.45) is 26.2. The average Bonchev–Trinajstić information content (AvgIpc) is 2.86. The number of halogens is 1. The second-order valence-electron chi connectivity index (χ2n) is 12.7. The molecule has 3 fully saturated rings. The van der Waals surface area contributed by atoms with Crippen LogP contribution in [0.15, 0.2) is 18.2 Å². The largest absolute Gasteiger partial charge is 0.207 e. The lowest BCUT2D eigenvalue weighted by molar-refractivity contribution is 0.0527. The molecule has 0 spiro atoms. The molecule has 0 aromatic heterocycles. The van der Waals surface area contributed by atoms with Crippen molar-refractivity contribution in [2.45, 2.75) is 122 Å². The van der Waals surface area contributed by atoms with Gasteiger partial charge in [-0.2, -0.15) is 0 Å². The SMILES string of the molecule is CCCCCCC1CCC2CC(C3CCC(C4CCc5cc(F)ccc5C4)CC3)CCC2C1. The van der Waals surface area contributed by atoms with E-state index >= 15 is 0 Å². The van der Waals surface area contributed by atoms with Crippen molar-refractivity contribution in [1.29, 1.82) is 0 Å². The van der Waals surface area contributed by atoms with Crippen molar-refractivity contribution < 1.29 is 4.39 Å². The van der Waals surface area contributed by atoms with E-state index in [2.05, 4.69) is 13.0 Å². The van der Waals surface area contributed by atoms with Gasteiger partial charge in [0, 0.05) is 0 Å². The minimum absolute atomic E-state index is 0.0529. The summed E-state index contributed by atoms with van der Waals surface area (Å²) < 4.78 is 13.6. The van der Waals surface area contributed by atoms with Gasteiger partial charge >= 0.3 is 0 Å². The van der Waals surface area contributed by atoms with E-state index in [1.165, 1.54) is 81.8 Å². The predicted molar refractivity (Wildman–Crippen MR) is 138 cm³/mol. The highest BCUT2D eigenvalue weighted by Gasteiger charge is 2.39. The van der Waals surface area contributed by atoms with E-state index in [0.717, 1.165) is 47.8 Å². The van der Waals surface area contributed by atoms with Gasteiger partial charge in [0.1, 0.15) is 5.82 Å². The fourth-order valence-electron chi connectivity index (χ4n) is 8.81. The third-order valence-corrected chi connectivity index (χ3v) is 10.8. The second-order valence-corrected chi connectivity index (χ2v) is 12.7. The van der Waals surface area contributed by atoms with Crippen LogP contribution in [0.5, 0.6) is 0 Å². The molecule has 0 N–H and O–H groups in total. The molecule has 5 rings (SSSR count). The summed E-state index contributed by atoms with van der Waals surface area (Å²) in [5.41, 5.74) is 2.72. The standard InChI is InChI=1S/C32H49F/c1-2-3-4-5-6-23-7-8-29-20-27(14-13-26(29)19-23)24-9-11-25(12-10-24)28-15-16-31-22-32(33)18-17-30(31)21-28/h17-18,22-29H,2-16,19-21H2,1H3. The fourth-order valence-corrected chi connectivity index (χ4v) is 8.81. The number of rotatable bonds is 7. The zero-order chi connectivity index (χ0) is 22.6. The third kappa shape index (κ3) is 5.87. The summed E-state index contributed by atoms with van der Waals surface area (Å²) in [4.78, 5) is 0. The van der Waals surface area contributed by atoms with Gasteiger partial charge in [-0.15, -0.1) is 0 Å². The van der Waals surface area contributed by atoms with E-state index in [4.69, 9.17) is 0 Å². The molecule has 0 aliphatic heterocycles. The second kappa shape index (κ2) is 11.3. The molecule has 3 saturated carbocycles. The van der Waals surface area contributed by atoms with Crippen molar-refractivity contribution >= 4 is 0 Å². The first-order valence-electron chi connectivity index (χ1n) is 15.0. The maximum Gasteiger partial charge on any atom is 0.123 e. The van der Waals surface area contributed by atoms with Crippen molar-refractivity contribution in [2.75, 3.05) is 0 Å². The van der Waals surface area contributed by atoms with Crippen molar-refractivity contribution in [3.63, 3.8) is 0 Å². The molecule has 0 bridgehead atoms. The fraction of sp³-hybridized carbons (Fsp3) is 0.812. The molecule has 0 nitrogen and oxygen atoms in total. The summed E-state index contributed by atoms with van der Waals surface area (Å²) in [7, 11) is 0. The Morgan fingerprint density at radius 2 is 1.33 bits per heavy atom. The number of hydrogen-bond acceptors (Lipinski definition) is 0. The third-order valence-electron chi connectivity index (χ3n) is 10.8. The first kappa shape index (κ1) is 23.9. The highest BCUT2D eigenvalue weighted by Crippen LogP contribution is 2.50. The van der Waals surface area contributed by atoms with Gasteiger partial charge in [0.2, 0.25) is 0 Å². The summed E-state index contributed by atoms with van der Waals surface area (Å²) in [5.74, 6) is 7.02. The van der Waals surface area contributed by atoms with Gasteiger partial charge in [0.15, 0.2) is 0 Å². The molecule has 4 aliphatic carbocycles. The van der Waals surface area contributed by atoms with E-state index in [0.29, 0.717) is 0 Å². The molecule has 5 atom stereocenters. The Labute approximate surface area is 203 Å². The molecule has 5 unspecified atom stereocenters. The Kier molecular flexibility index (Phi) is 8.14. The molecular formula is C32H49F. The molecule has 1 heteroatoms. The van der Waals surface area contributed by atoms with Crippen LogP contribution in [0.2, 0.25) is 0 Å². The van der Waals surface area contributed by atoms with Gasteiger partial charge in [-0.05, 0) is 142 Å². The predicted octanol–water partition coefficient (Wildman–Crippen LogP) is 9.54. The highest BCUT2D eigenvalue weighted by molar-refractivity contribution is 5.30. The van der Waals surface area contributed by atoms with Crippen LogP contribution >= 0.6 is 0 Å². The number of unbranched alkanes of at least 4 members (excludes halogenated alkanes) is 3. The van der Waals surface area contributed by atoms with Crippen LogP contribution < -0.4 is 0 Å². The number of aryl methyl sites for hydroxylation is 1. The maximum atomic E-state index is 13.6. The average molecular weight is 453 g/mol. The number of fused-ring (bicyclic) bond motifs is 2. The van der Waals surface area contributed by atoms with E-state index in [1.807, 2.05) is 0 Å². The number of benzene rings is 1.